The van der Waals surface area contributed by atoms with Crippen molar-refractivity contribution in [2.75, 3.05) is 0 Å². The van der Waals surface area contributed by atoms with Gasteiger partial charge in [-0.05, 0) is 12.1 Å². The molecule has 7 heteroatoms. The lowest BCUT2D eigenvalue weighted by Crippen LogP contribution is -2.10. The summed E-state index contributed by atoms with van der Waals surface area (Å²) in [5.41, 5.74) is -2.59. The highest BCUT2D eigenvalue weighted by molar-refractivity contribution is 5.85. The van der Waals surface area contributed by atoms with Gasteiger partial charge in [0.2, 0.25) is 0 Å². The summed E-state index contributed by atoms with van der Waals surface area (Å²) < 4.78 is 36.7. The normalized spacial score (nSPS) is 10.8. The summed E-state index contributed by atoms with van der Waals surface area (Å²) in [5, 5.41) is 16.8. The second-order valence-corrected chi connectivity index (χ2v) is 2.54. The molecule has 0 fully saturated rings. The van der Waals surface area contributed by atoms with E-state index in [9.17, 15) is 18.0 Å². The van der Waals surface area contributed by atoms with Crippen LogP contribution < -0.4 is 0 Å². The molecule has 0 saturated carbocycles. The number of pyridine rings is 1. The standard InChI is InChI=1S/C8H3F3N2O2/c9-8(10,11)4-1-5(3-12)13-6(2-4)7(14)15/h1-2H,(H,14,15). The quantitative estimate of drug-likeness (QED) is 0.774. The van der Waals surface area contributed by atoms with Crippen LogP contribution in [0.3, 0.4) is 0 Å². The maximum absolute atomic E-state index is 12.2. The van der Waals surface area contributed by atoms with Crippen molar-refractivity contribution in [3.05, 3.63) is 29.1 Å². The van der Waals surface area contributed by atoms with Crippen molar-refractivity contribution in [3.63, 3.8) is 0 Å². The molecule has 0 aromatic carbocycles. The molecule has 0 aliphatic heterocycles. The second kappa shape index (κ2) is 3.57. The molecule has 1 aromatic heterocycles. The van der Waals surface area contributed by atoms with Crippen LogP contribution >= 0.6 is 0 Å². The molecule has 78 valence electrons. The Morgan fingerprint density at radius 2 is 2.07 bits per heavy atom. The molecule has 0 saturated heterocycles. The zero-order chi connectivity index (χ0) is 11.6. The van der Waals surface area contributed by atoms with Gasteiger partial charge >= 0.3 is 12.1 Å². The SMILES string of the molecule is N#Cc1cc(C(F)(F)F)cc(C(=O)O)n1. The van der Waals surface area contributed by atoms with E-state index in [2.05, 4.69) is 4.98 Å². The van der Waals surface area contributed by atoms with Crippen LogP contribution in [0.15, 0.2) is 12.1 Å². The van der Waals surface area contributed by atoms with Gasteiger partial charge in [0, 0.05) is 0 Å². The number of hydrogen-bond acceptors (Lipinski definition) is 3. The number of alkyl halides is 3. The van der Waals surface area contributed by atoms with E-state index >= 15 is 0 Å². The molecule has 1 aromatic rings. The maximum Gasteiger partial charge on any atom is 0.416 e. The summed E-state index contributed by atoms with van der Waals surface area (Å²) in [6.45, 7) is 0. The fraction of sp³-hybridized carbons (Fsp3) is 0.125. The monoisotopic (exact) mass is 216 g/mol. The molecule has 1 heterocycles. The van der Waals surface area contributed by atoms with Gasteiger partial charge in [0.25, 0.3) is 0 Å². The number of carbonyl (C=O) groups is 1. The van der Waals surface area contributed by atoms with Crippen LogP contribution in [0.1, 0.15) is 21.7 Å². The first-order chi connectivity index (χ1) is 6.84. The van der Waals surface area contributed by atoms with Gasteiger partial charge in [-0.1, -0.05) is 0 Å². The minimum atomic E-state index is -4.70. The minimum absolute atomic E-state index is 0.378. The number of carboxylic acids is 1. The number of aromatic carboxylic acids is 1. The molecule has 0 spiro atoms. The van der Waals surface area contributed by atoms with Crippen molar-refractivity contribution >= 4 is 5.97 Å². The maximum atomic E-state index is 12.2. The van der Waals surface area contributed by atoms with E-state index in [1.54, 1.807) is 0 Å². The van der Waals surface area contributed by atoms with Gasteiger partial charge in [0.15, 0.2) is 0 Å². The molecule has 0 aliphatic rings. The van der Waals surface area contributed by atoms with E-state index in [0.29, 0.717) is 12.1 Å². The number of nitrogens with zero attached hydrogens (tertiary/aromatic N) is 2. The first-order valence-corrected chi connectivity index (χ1v) is 3.57. The first kappa shape index (κ1) is 11.0. The highest BCUT2D eigenvalue weighted by Crippen LogP contribution is 2.29. The third-order valence-electron chi connectivity index (χ3n) is 1.49. The van der Waals surface area contributed by atoms with Crippen LogP contribution in [0.25, 0.3) is 0 Å². The zero-order valence-corrected chi connectivity index (χ0v) is 7.04. The number of halogens is 3. The Hall–Kier alpha value is -2.10. The van der Waals surface area contributed by atoms with E-state index < -0.39 is 29.1 Å². The Balaban J connectivity index is 3.38. The topological polar surface area (TPSA) is 74.0 Å². The van der Waals surface area contributed by atoms with Gasteiger partial charge in [-0.25, -0.2) is 9.78 Å². The van der Waals surface area contributed by atoms with Crippen molar-refractivity contribution < 1.29 is 23.1 Å². The lowest BCUT2D eigenvalue weighted by molar-refractivity contribution is -0.137. The highest BCUT2D eigenvalue weighted by atomic mass is 19.4. The molecule has 0 radical (unpaired) electrons. The summed E-state index contributed by atoms with van der Waals surface area (Å²) >= 11 is 0. The fourth-order valence-corrected chi connectivity index (χ4v) is 0.861. The van der Waals surface area contributed by atoms with Crippen LogP contribution in [0.2, 0.25) is 0 Å². The Bertz CT molecular complexity index is 448. The average molecular weight is 216 g/mol. The molecule has 0 amide bonds. The number of nitriles is 1. The minimum Gasteiger partial charge on any atom is -0.477 e. The number of aromatic nitrogens is 1. The van der Waals surface area contributed by atoms with E-state index in [4.69, 9.17) is 10.4 Å². The largest absolute Gasteiger partial charge is 0.477 e. The van der Waals surface area contributed by atoms with Crippen LogP contribution in [0, 0.1) is 11.3 Å². The van der Waals surface area contributed by atoms with Crippen molar-refractivity contribution in [1.29, 1.82) is 5.26 Å². The Morgan fingerprint density at radius 1 is 1.47 bits per heavy atom. The zero-order valence-electron chi connectivity index (χ0n) is 7.04. The molecule has 0 atom stereocenters. The van der Waals surface area contributed by atoms with E-state index in [-0.39, 0.29) is 0 Å². The molecule has 15 heavy (non-hydrogen) atoms. The van der Waals surface area contributed by atoms with E-state index in [1.807, 2.05) is 0 Å². The summed E-state index contributed by atoms with van der Waals surface area (Å²) in [4.78, 5) is 13.6. The molecule has 0 aliphatic carbocycles. The van der Waals surface area contributed by atoms with Gasteiger partial charge in [-0.3, -0.25) is 0 Å². The summed E-state index contributed by atoms with van der Waals surface area (Å²) in [7, 11) is 0. The van der Waals surface area contributed by atoms with Crippen LogP contribution in [-0.4, -0.2) is 16.1 Å². The second-order valence-electron chi connectivity index (χ2n) is 2.54. The van der Waals surface area contributed by atoms with Gasteiger partial charge < -0.3 is 5.11 Å². The molecule has 4 nitrogen and oxygen atoms in total. The van der Waals surface area contributed by atoms with E-state index in [1.165, 1.54) is 6.07 Å². The summed E-state index contributed by atoms with van der Waals surface area (Å²) in [6, 6.07) is 2.23. The molecular weight excluding hydrogens is 213 g/mol. The molecule has 0 unspecified atom stereocenters. The Labute approximate surface area is 81.6 Å². The predicted molar refractivity (Wildman–Crippen MR) is 40.9 cm³/mol. The first-order valence-electron chi connectivity index (χ1n) is 3.57. The Kier molecular flexibility index (Phi) is 2.61. The van der Waals surface area contributed by atoms with Crippen molar-refractivity contribution in [3.8, 4) is 6.07 Å². The Morgan fingerprint density at radius 3 is 2.47 bits per heavy atom. The number of rotatable bonds is 1. The smallest absolute Gasteiger partial charge is 0.416 e. The fourth-order valence-electron chi connectivity index (χ4n) is 0.861. The summed E-state index contributed by atoms with van der Waals surface area (Å²) in [5.74, 6) is -1.61. The van der Waals surface area contributed by atoms with Gasteiger partial charge in [-0.15, -0.1) is 0 Å². The third kappa shape index (κ3) is 2.43. The number of hydrogen-bond donors (Lipinski definition) is 1. The lowest BCUT2D eigenvalue weighted by atomic mass is 10.2. The average Bonchev–Trinajstić information content (AvgIpc) is 2.15. The van der Waals surface area contributed by atoms with Crippen molar-refractivity contribution in [1.82, 2.24) is 4.98 Å². The van der Waals surface area contributed by atoms with Gasteiger partial charge in [0.1, 0.15) is 17.5 Å². The van der Waals surface area contributed by atoms with Gasteiger partial charge in [-0.2, -0.15) is 18.4 Å². The summed E-state index contributed by atoms with van der Waals surface area (Å²) in [6.07, 6.45) is -4.70. The third-order valence-corrected chi connectivity index (χ3v) is 1.49. The van der Waals surface area contributed by atoms with Crippen molar-refractivity contribution in [2.45, 2.75) is 6.18 Å². The van der Waals surface area contributed by atoms with Crippen LogP contribution in [0.5, 0.6) is 0 Å². The van der Waals surface area contributed by atoms with Crippen molar-refractivity contribution in [2.24, 2.45) is 0 Å². The van der Waals surface area contributed by atoms with E-state index in [0.717, 1.165) is 0 Å². The number of carboxylic acid groups (broad SMARTS) is 1. The van der Waals surface area contributed by atoms with Crippen LogP contribution in [-0.2, 0) is 6.18 Å². The molecule has 1 rings (SSSR count). The molecule has 0 bridgehead atoms. The van der Waals surface area contributed by atoms with Gasteiger partial charge in [0.05, 0.1) is 5.56 Å². The lowest BCUT2D eigenvalue weighted by Gasteiger charge is -2.06. The molecular formula is C8H3F3N2O2. The highest BCUT2D eigenvalue weighted by Gasteiger charge is 2.32. The molecule has 1 N–H and O–H groups in total. The predicted octanol–water partition coefficient (Wildman–Crippen LogP) is 1.67. The van der Waals surface area contributed by atoms with Crippen LogP contribution in [0.4, 0.5) is 13.2 Å².